The van der Waals surface area contributed by atoms with E-state index in [2.05, 4.69) is 25.2 Å². The number of carbonyl (C=O) groups is 2. The molecule has 0 bridgehead atoms. The van der Waals surface area contributed by atoms with Crippen molar-refractivity contribution < 1.29 is 19.1 Å². The Morgan fingerprint density at radius 2 is 1.81 bits per heavy atom. The van der Waals surface area contributed by atoms with Crippen molar-refractivity contribution in [1.29, 1.82) is 0 Å². The number of rotatable bonds is 3. The fraction of sp³-hybridized carbons (Fsp3) is 0.360. The first-order valence-electron chi connectivity index (χ1n) is 10.4. The molecular weight excluding hydrogens is 392 g/mol. The predicted octanol–water partition coefficient (Wildman–Crippen LogP) is 4.72. The Balaban J connectivity index is 1.99. The van der Waals surface area contributed by atoms with Gasteiger partial charge in [0.05, 0.1) is 37.6 Å². The molecule has 2 aromatic carbocycles. The van der Waals surface area contributed by atoms with Crippen molar-refractivity contribution in [3.63, 3.8) is 0 Å². The van der Waals surface area contributed by atoms with Crippen molar-refractivity contribution in [2.24, 2.45) is 11.3 Å². The Morgan fingerprint density at radius 1 is 1.10 bits per heavy atom. The van der Waals surface area contributed by atoms with Crippen LogP contribution < -0.4 is 19.7 Å². The molecule has 1 amide bonds. The first-order valence-corrected chi connectivity index (χ1v) is 10.4. The molecule has 6 nitrogen and oxygen atoms in total. The van der Waals surface area contributed by atoms with Crippen LogP contribution in [0.25, 0.3) is 0 Å². The van der Waals surface area contributed by atoms with Gasteiger partial charge in [0.1, 0.15) is 5.78 Å². The number of methoxy groups -OCH3 is 2. The number of amides is 1. The summed E-state index contributed by atoms with van der Waals surface area (Å²) in [5.41, 5.74) is 2.93. The van der Waals surface area contributed by atoms with Gasteiger partial charge in [-0.05, 0) is 35.2 Å². The normalized spacial score (nSPS) is 21.8. The lowest BCUT2D eigenvalue weighted by Gasteiger charge is -2.39. The lowest BCUT2D eigenvalue weighted by atomic mass is 9.72. The SMILES string of the molecule is COc1ccc(C2C3C(=O)CC(C)(C)C=C3Nc3ccccc3N2C(C)=O)cc1OC. The van der Waals surface area contributed by atoms with Crippen molar-refractivity contribution in [2.75, 3.05) is 24.4 Å². The van der Waals surface area contributed by atoms with Crippen LogP contribution in [0.1, 0.15) is 38.8 Å². The van der Waals surface area contributed by atoms with E-state index >= 15 is 0 Å². The maximum Gasteiger partial charge on any atom is 0.224 e. The Hall–Kier alpha value is -3.28. The molecule has 0 saturated carbocycles. The highest BCUT2D eigenvalue weighted by Gasteiger charge is 2.45. The third-order valence-electron chi connectivity index (χ3n) is 5.98. The average molecular weight is 421 g/mol. The molecule has 0 aromatic heterocycles. The standard InChI is InChI=1S/C25H28N2O4/c1-15(28)27-19-9-7-6-8-17(19)26-18-13-25(2,3)14-20(29)23(18)24(27)16-10-11-21(30-4)22(12-16)31-5/h6-13,23-24,26H,14H2,1-5H3. The number of anilines is 2. The summed E-state index contributed by atoms with van der Waals surface area (Å²) in [5, 5.41) is 3.47. The van der Waals surface area contributed by atoms with Crippen LogP contribution in [0.4, 0.5) is 11.4 Å². The molecule has 31 heavy (non-hydrogen) atoms. The van der Waals surface area contributed by atoms with E-state index in [-0.39, 0.29) is 17.1 Å². The molecule has 2 unspecified atom stereocenters. The fourth-order valence-electron chi connectivity index (χ4n) is 4.74. The van der Waals surface area contributed by atoms with Crippen molar-refractivity contribution in [3.05, 3.63) is 59.8 Å². The van der Waals surface area contributed by atoms with Gasteiger partial charge in [-0.3, -0.25) is 9.59 Å². The van der Waals surface area contributed by atoms with Gasteiger partial charge in [0.2, 0.25) is 5.91 Å². The van der Waals surface area contributed by atoms with E-state index in [4.69, 9.17) is 9.47 Å². The molecule has 2 aliphatic rings. The van der Waals surface area contributed by atoms with Gasteiger partial charge in [-0.25, -0.2) is 0 Å². The summed E-state index contributed by atoms with van der Waals surface area (Å²) in [7, 11) is 3.16. The van der Waals surface area contributed by atoms with Gasteiger partial charge < -0.3 is 19.7 Å². The first-order chi connectivity index (χ1) is 14.8. The molecule has 4 rings (SSSR count). The maximum absolute atomic E-state index is 13.5. The Bertz CT molecular complexity index is 1070. The highest BCUT2D eigenvalue weighted by Crippen LogP contribution is 2.49. The number of hydrogen-bond donors (Lipinski definition) is 1. The van der Waals surface area contributed by atoms with E-state index in [1.165, 1.54) is 6.92 Å². The van der Waals surface area contributed by atoms with Crippen molar-refractivity contribution >= 4 is 23.1 Å². The zero-order valence-corrected chi connectivity index (χ0v) is 18.6. The number of allylic oxidation sites excluding steroid dienone is 1. The number of Topliss-reactive ketones (excluding diaryl/α,β-unsaturated/α-hetero) is 1. The monoisotopic (exact) mass is 420 g/mol. The summed E-state index contributed by atoms with van der Waals surface area (Å²) in [4.78, 5) is 28.2. The molecule has 6 heteroatoms. The number of nitrogens with one attached hydrogen (secondary N) is 1. The predicted molar refractivity (Wildman–Crippen MR) is 120 cm³/mol. The molecule has 2 atom stereocenters. The molecule has 0 spiro atoms. The molecule has 2 aromatic rings. The highest BCUT2D eigenvalue weighted by molar-refractivity contribution is 6.00. The van der Waals surface area contributed by atoms with Gasteiger partial charge in [0.25, 0.3) is 0 Å². The van der Waals surface area contributed by atoms with Gasteiger partial charge in [-0.15, -0.1) is 0 Å². The van der Waals surface area contributed by atoms with Gasteiger partial charge in [0.15, 0.2) is 11.5 Å². The molecule has 0 fully saturated rings. The van der Waals surface area contributed by atoms with Gasteiger partial charge >= 0.3 is 0 Å². The number of carbonyl (C=O) groups excluding carboxylic acids is 2. The van der Waals surface area contributed by atoms with E-state index in [0.29, 0.717) is 17.9 Å². The summed E-state index contributed by atoms with van der Waals surface area (Å²) in [6.07, 6.45) is 2.54. The van der Waals surface area contributed by atoms with Crippen LogP contribution in [0.3, 0.4) is 0 Å². The van der Waals surface area contributed by atoms with E-state index < -0.39 is 12.0 Å². The number of benzene rings is 2. The van der Waals surface area contributed by atoms with Crippen molar-refractivity contribution in [2.45, 2.75) is 33.2 Å². The molecule has 0 radical (unpaired) electrons. The lowest BCUT2D eigenvalue weighted by molar-refractivity contribution is -0.125. The number of hydrogen-bond acceptors (Lipinski definition) is 5. The molecule has 1 aliphatic heterocycles. The second kappa shape index (κ2) is 7.76. The number of fused-ring (bicyclic) bond motifs is 2. The average Bonchev–Trinajstić information content (AvgIpc) is 2.86. The maximum atomic E-state index is 13.5. The zero-order valence-electron chi connectivity index (χ0n) is 18.6. The minimum absolute atomic E-state index is 0.105. The van der Waals surface area contributed by atoms with Gasteiger partial charge in [0, 0.05) is 19.0 Å². The minimum atomic E-state index is -0.512. The van der Waals surface area contributed by atoms with Crippen LogP contribution >= 0.6 is 0 Å². The molecule has 162 valence electrons. The summed E-state index contributed by atoms with van der Waals surface area (Å²) in [6, 6.07) is 12.7. The van der Waals surface area contributed by atoms with Gasteiger partial charge in [-0.1, -0.05) is 38.1 Å². The Morgan fingerprint density at radius 3 is 2.48 bits per heavy atom. The topological polar surface area (TPSA) is 67.9 Å². The highest BCUT2D eigenvalue weighted by atomic mass is 16.5. The Kier molecular flexibility index (Phi) is 5.25. The second-order valence-electron chi connectivity index (χ2n) is 8.80. The van der Waals surface area contributed by atoms with Crippen LogP contribution in [0.5, 0.6) is 11.5 Å². The van der Waals surface area contributed by atoms with Crippen LogP contribution in [0.2, 0.25) is 0 Å². The second-order valence-corrected chi connectivity index (χ2v) is 8.80. The number of nitrogens with zero attached hydrogens (tertiary/aromatic N) is 1. The summed E-state index contributed by atoms with van der Waals surface area (Å²) < 4.78 is 10.9. The van der Waals surface area contributed by atoms with Crippen molar-refractivity contribution in [3.8, 4) is 11.5 Å². The van der Waals surface area contributed by atoms with Crippen LogP contribution in [0.15, 0.2) is 54.2 Å². The van der Waals surface area contributed by atoms with Crippen LogP contribution in [-0.2, 0) is 9.59 Å². The van der Waals surface area contributed by atoms with E-state index in [1.807, 2.05) is 42.5 Å². The fourth-order valence-corrected chi connectivity index (χ4v) is 4.74. The largest absolute Gasteiger partial charge is 0.493 e. The van der Waals surface area contributed by atoms with E-state index in [1.54, 1.807) is 19.1 Å². The van der Waals surface area contributed by atoms with E-state index in [9.17, 15) is 9.59 Å². The minimum Gasteiger partial charge on any atom is -0.493 e. The number of ether oxygens (including phenoxy) is 2. The molecule has 1 heterocycles. The molecular formula is C25H28N2O4. The first kappa shape index (κ1) is 21.0. The number of para-hydroxylation sites is 2. The molecule has 1 N–H and O–H groups in total. The third-order valence-corrected chi connectivity index (χ3v) is 5.98. The molecule has 1 aliphatic carbocycles. The summed E-state index contributed by atoms with van der Waals surface area (Å²) in [5.74, 6) is 0.618. The van der Waals surface area contributed by atoms with E-state index in [0.717, 1.165) is 22.6 Å². The van der Waals surface area contributed by atoms with Crippen LogP contribution in [0, 0.1) is 11.3 Å². The summed E-state index contributed by atoms with van der Waals surface area (Å²) in [6.45, 7) is 5.65. The van der Waals surface area contributed by atoms with Crippen LogP contribution in [-0.4, -0.2) is 25.9 Å². The smallest absolute Gasteiger partial charge is 0.224 e. The lowest BCUT2D eigenvalue weighted by Crippen LogP contribution is -2.42. The summed E-state index contributed by atoms with van der Waals surface area (Å²) >= 11 is 0. The zero-order chi connectivity index (χ0) is 22.3. The van der Waals surface area contributed by atoms with Crippen molar-refractivity contribution in [1.82, 2.24) is 0 Å². The van der Waals surface area contributed by atoms with Gasteiger partial charge in [-0.2, -0.15) is 0 Å². The quantitative estimate of drug-likeness (QED) is 0.778. The molecule has 0 saturated heterocycles. The third kappa shape index (κ3) is 3.67. The number of ketones is 1. The Labute approximate surface area is 182 Å².